The third-order valence-electron chi connectivity index (χ3n) is 5.88. The van der Waals surface area contributed by atoms with Gasteiger partial charge in [0.15, 0.2) is 0 Å². The normalized spacial score (nSPS) is 22.9. The smallest absolute Gasteiger partial charge is 0.224 e. The third-order valence-corrected chi connectivity index (χ3v) is 5.88. The van der Waals surface area contributed by atoms with Crippen LogP contribution in [-0.2, 0) is 16.1 Å². The van der Waals surface area contributed by atoms with Gasteiger partial charge in [-0.3, -0.25) is 9.48 Å². The molecule has 2 aliphatic heterocycles. The van der Waals surface area contributed by atoms with Gasteiger partial charge in [0.1, 0.15) is 0 Å². The number of hydrogen-bond donors (Lipinski definition) is 0. The van der Waals surface area contributed by atoms with Crippen LogP contribution in [0.4, 0.5) is 0 Å². The third kappa shape index (κ3) is 4.06. The lowest BCUT2D eigenvalue weighted by Gasteiger charge is -2.38. The highest BCUT2D eigenvalue weighted by Crippen LogP contribution is 2.44. The Labute approximate surface area is 151 Å². The summed E-state index contributed by atoms with van der Waals surface area (Å²) in [4.78, 5) is 17.2. The largest absolute Gasteiger partial charge is 0.381 e. The van der Waals surface area contributed by atoms with Crippen LogP contribution in [0.5, 0.6) is 0 Å². The lowest BCUT2D eigenvalue weighted by Crippen LogP contribution is -2.40. The van der Waals surface area contributed by atoms with Crippen molar-refractivity contribution in [3.63, 3.8) is 0 Å². The van der Waals surface area contributed by atoms with Gasteiger partial charge in [-0.05, 0) is 58.2 Å². The maximum Gasteiger partial charge on any atom is 0.224 e. The maximum atomic E-state index is 12.8. The predicted molar refractivity (Wildman–Crippen MR) is 97.4 cm³/mol. The summed E-state index contributed by atoms with van der Waals surface area (Å²) >= 11 is 0. The molecule has 0 aromatic carbocycles. The van der Waals surface area contributed by atoms with Crippen molar-refractivity contribution in [2.24, 2.45) is 11.3 Å². The number of aromatic nitrogens is 2. The summed E-state index contributed by atoms with van der Waals surface area (Å²) < 4.78 is 7.55. The number of rotatable bonds is 5. The lowest BCUT2D eigenvalue weighted by atomic mass is 9.72. The summed E-state index contributed by atoms with van der Waals surface area (Å²) in [5.41, 5.74) is 2.38. The van der Waals surface area contributed by atoms with Crippen molar-refractivity contribution in [3.8, 4) is 0 Å². The molecule has 1 atom stereocenters. The van der Waals surface area contributed by atoms with E-state index in [2.05, 4.69) is 35.1 Å². The van der Waals surface area contributed by atoms with Crippen LogP contribution < -0.4 is 0 Å². The Hall–Kier alpha value is -1.40. The molecule has 1 spiro atoms. The van der Waals surface area contributed by atoms with Crippen LogP contribution in [0.25, 0.3) is 0 Å². The number of aryl methyl sites for hydroxylation is 3. The number of amides is 1. The fourth-order valence-corrected chi connectivity index (χ4v) is 4.52. The van der Waals surface area contributed by atoms with Crippen molar-refractivity contribution in [2.75, 3.05) is 46.9 Å². The van der Waals surface area contributed by atoms with Crippen LogP contribution in [0.1, 0.15) is 30.7 Å². The Morgan fingerprint density at radius 3 is 2.68 bits per heavy atom. The van der Waals surface area contributed by atoms with E-state index in [1.54, 1.807) is 0 Å². The fraction of sp³-hybridized carbons (Fsp3) is 0.789. The Kier molecular flexibility index (Phi) is 5.49. The SMILES string of the molecule is Cc1cc(C)n(CCC(=O)N2C[C@@H](CN(C)C)C3(CCOCC3)C2)n1. The van der Waals surface area contributed by atoms with Gasteiger partial charge in [-0.2, -0.15) is 5.10 Å². The van der Waals surface area contributed by atoms with Gasteiger partial charge in [-0.15, -0.1) is 0 Å². The number of ether oxygens (including phenoxy) is 1. The molecule has 2 aliphatic rings. The molecule has 2 saturated heterocycles. The first-order chi connectivity index (χ1) is 11.9. The minimum atomic E-state index is 0.246. The molecule has 140 valence electrons. The molecule has 1 aromatic rings. The number of likely N-dealkylation sites (tertiary alicyclic amines) is 1. The van der Waals surface area contributed by atoms with Gasteiger partial charge < -0.3 is 14.5 Å². The molecule has 1 amide bonds. The summed E-state index contributed by atoms with van der Waals surface area (Å²) in [6.45, 7) is 9.19. The van der Waals surface area contributed by atoms with E-state index in [0.717, 1.165) is 57.1 Å². The second kappa shape index (κ2) is 7.46. The van der Waals surface area contributed by atoms with Crippen molar-refractivity contribution < 1.29 is 9.53 Å². The molecule has 3 heterocycles. The maximum absolute atomic E-state index is 12.8. The Morgan fingerprint density at radius 2 is 2.08 bits per heavy atom. The molecule has 0 unspecified atom stereocenters. The van der Waals surface area contributed by atoms with Crippen LogP contribution in [0.15, 0.2) is 6.07 Å². The first kappa shape index (κ1) is 18.4. The van der Waals surface area contributed by atoms with E-state index in [-0.39, 0.29) is 11.3 Å². The average Bonchev–Trinajstić information content (AvgIpc) is 3.05. The molecule has 0 aliphatic carbocycles. The molecule has 0 radical (unpaired) electrons. The monoisotopic (exact) mass is 348 g/mol. The van der Waals surface area contributed by atoms with Crippen molar-refractivity contribution >= 4 is 5.91 Å². The van der Waals surface area contributed by atoms with Crippen molar-refractivity contribution in [1.29, 1.82) is 0 Å². The van der Waals surface area contributed by atoms with Crippen molar-refractivity contribution in [3.05, 3.63) is 17.5 Å². The van der Waals surface area contributed by atoms with Crippen molar-refractivity contribution in [1.82, 2.24) is 19.6 Å². The fourth-order valence-electron chi connectivity index (χ4n) is 4.52. The Bertz CT molecular complexity index is 605. The zero-order valence-corrected chi connectivity index (χ0v) is 16.1. The molecule has 25 heavy (non-hydrogen) atoms. The Morgan fingerprint density at radius 1 is 1.36 bits per heavy atom. The van der Waals surface area contributed by atoms with Crippen molar-refractivity contribution in [2.45, 2.75) is 39.7 Å². The summed E-state index contributed by atoms with van der Waals surface area (Å²) in [5.74, 6) is 0.809. The molecule has 6 heteroatoms. The standard InChI is InChI=1S/C19H32N4O2/c1-15-11-16(2)23(20-15)8-5-18(24)22-13-17(12-21(3)4)19(14-22)6-9-25-10-7-19/h11,17H,5-10,12-14H2,1-4H3/t17-/m1/s1. The first-order valence-electron chi connectivity index (χ1n) is 9.41. The lowest BCUT2D eigenvalue weighted by molar-refractivity contribution is -0.131. The van der Waals surface area contributed by atoms with Gasteiger partial charge in [-0.25, -0.2) is 0 Å². The minimum absolute atomic E-state index is 0.246. The Balaban J connectivity index is 1.63. The number of carbonyl (C=O) groups excluding carboxylic acids is 1. The average molecular weight is 348 g/mol. The summed E-state index contributed by atoms with van der Waals surface area (Å²) in [6, 6.07) is 2.06. The highest BCUT2D eigenvalue weighted by Gasteiger charge is 2.48. The number of carbonyl (C=O) groups is 1. The second-order valence-corrected chi connectivity index (χ2v) is 8.11. The summed E-state index contributed by atoms with van der Waals surface area (Å²) in [5, 5.41) is 4.47. The summed E-state index contributed by atoms with van der Waals surface area (Å²) in [6.07, 6.45) is 2.68. The van der Waals surface area contributed by atoms with Crippen LogP contribution in [0.3, 0.4) is 0 Å². The molecular weight excluding hydrogens is 316 g/mol. The van der Waals surface area contributed by atoms with Gasteiger partial charge in [0.05, 0.1) is 5.69 Å². The molecule has 0 N–H and O–H groups in total. The number of nitrogens with zero attached hydrogens (tertiary/aromatic N) is 4. The van der Waals surface area contributed by atoms with Gasteiger partial charge in [-0.1, -0.05) is 0 Å². The van der Waals surface area contributed by atoms with E-state index >= 15 is 0 Å². The molecule has 1 aromatic heterocycles. The summed E-state index contributed by atoms with van der Waals surface area (Å²) in [7, 11) is 4.25. The van der Waals surface area contributed by atoms with E-state index in [4.69, 9.17) is 4.74 Å². The number of hydrogen-bond acceptors (Lipinski definition) is 4. The van der Waals surface area contributed by atoms with E-state index in [1.807, 2.05) is 18.5 Å². The van der Waals surface area contributed by atoms with Crippen LogP contribution in [-0.4, -0.2) is 72.4 Å². The van der Waals surface area contributed by atoms with Crippen LogP contribution in [0.2, 0.25) is 0 Å². The second-order valence-electron chi connectivity index (χ2n) is 8.11. The van der Waals surface area contributed by atoms with Gasteiger partial charge in [0.2, 0.25) is 5.91 Å². The molecule has 2 fully saturated rings. The minimum Gasteiger partial charge on any atom is -0.381 e. The van der Waals surface area contributed by atoms with Gasteiger partial charge in [0.25, 0.3) is 0 Å². The van der Waals surface area contributed by atoms with E-state index in [1.165, 1.54) is 0 Å². The molecule has 6 nitrogen and oxygen atoms in total. The van der Waals surface area contributed by atoms with E-state index in [9.17, 15) is 4.79 Å². The van der Waals surface area contributed by atoms with Crippen LogP contribution in [0, 0.1) is 25.2 Å². The van der Waals surface area contributed by atoms with E-state index in [0.29, 0.717) is 18.9 Å². The molecular formula is C19H32N4O2. The molecule has 0 bridgehead atoms. The van der Waals surface area contributed by atoms with E-state index < -0.39 is 0 Å². The topological polar surface area (TPSA) is 50.6 Å². The first-order valence-corrected chi connectivity index (χ1v) is 9.41. The molecule has 0 saturated carbocycles. The zero-order chi connectivity index (χ0) is 18.0. The van der Waals surface area contributed by atoms with Gasteiger partial charge in [0, 0.05) is 51.5 Å². The zero-order valence-electron chi connectivity index (χ0n) is 16.1. The predicted octanol–water partition coefficient (Wildman–Crippen LogP) is 1.71. The molecule has 3 rings (SSSR count). The quantitative estimate of drug-likeness (QED) is 0.813. The highest BCUT2D eigenvalue weighted by atomic mass is 16.5. The highest BCUT2D eigenvalue weighted by molar-refractivity contribution is 5.76. The van der Waals surface area contributed by atoms with Crippen LogP contribution >= 0.6 is 0 Å². The van der Waals surface area contributed by atoms with Gasteiger partial charge >= 0.3 is 0 Å².